The molecule has 0 aliphatic rings. The van der Waals surface area contributed by atoms with Gasteiger partial charge in [-0.25, -0.2) is 0 Å². The van der Waals surface area contributed by atoms with Crippen LogP contribution in [0.4, 0.5) is 0 Å². The summed E-state index contributed by atoms with van der Waals surface area (Å²) in [7, 11) is 0. The van der Waals surface area contributed by atoms with Gasteiger partial charge < -0.3 is 25.3 Å². The van der Waals surface area contributed by atoms with Gasteiger partial charge in [0.1, 0.15) is 17.6 Å². The maximum Gasteiger partial charge on any atom is 0.242 e. The van der Waals surface area contributed by atoms with Gasteiger partial charge in [0.15, 0.2) is 0 Å². The van der Waals surface area contributed by atoms with Gasteiger partial charge in [0, 0.05) is 0 Å². The van der Waals surface area contributed by atoms with Crippen LogP contribution in [0.3, 0.4) is 0 Å². The predicted octanol–water partition coefficient (Wildman–Crippen LogP) is 1.87. The molecule has 7 heteroatoms. The summed E-state index contributed by atoms with van der Waals surface area (Å²) in [6.45, 7) is 4.98. The summed E-state index contributed by atoms with van der Waals surface area (Å²) in [6.07, 6.45) is 0.418. The summed E-state index contributed by atoms with van der Waals surface area (Å²) in [5, 5.41) is 25.2. The standard InChI is InChI=1S/C19H24N2O5/c1-12(17(24)20-11-15-5-4-10-26-15)21-18(25)19(2,3)16(23)13-6-8-14(22)9-7-13/h4-10,12,16,22-23H,11H2,1-3H3,(H,20,24)(H,21,25)/t12-,16+/m0/s1. The van der Waals surface area contributed by atoms with Crippen molar-refractivity contribution in [2.24, 2.45) is 5.41 Å². The highest BCUT2D eigenvalue weighted by Gasteiger charge is 2.37. The normalized spacial score (nSPS) is 13.7. The fourth-order valence-corrected chi connectivity index (χ4v) is 2.39. The van der Waals surface area contributed by atoms with Crippen LogP contribution >= 0.6 is 0 Å². The molecule has 2 aromatic rings. The number of aliphatic hydroxyl groups is 1. The van der Waals surface area contributed by atoms with E-state index in [4.69, 9.17) is 4.42 Å². The zero-order valence-corrected chi connectivity index (χ0v) is 15.0. The number of phenols is 1. The number of aromatic hydroxyl groups is 1. The molecule has 1 aromatic heterocycles. The summed E-state index contributed by atoms with van der Waals surface area (Å²) < 4.78 is 5.13. The first-order chi connectivity index (χ1) is 12.2. The molecule has 0 saturated carbocycles. The Labute approximate surface area is 152 Å². The lowest BCUT2D eigenvalue weighted by atomic mass is 9.81. The molecular weight excluding hydrogens is 336 g/mol. The molecule has 1 heterocycles. The van der Waals surface area contributed by atoms with Crippen molar-refractivity contribution >= 4 is 11.8 Å². The summed E-state index contributed by atoms with van der Waals surface area (Å²) in [5.74, 6) is -0.131. The molecule has 0 spiro atoms. The van der Waals surface area contributed by atoms with Gasteiger partial charge in [-0.2, -0.15) is 0 Å². The molecule has 0 aliphatic carbocycles. The molecule has 2 rings (SSSR count). The van der Waals surface area contributed by atoms with Crippen molar-refractivity contribution in [2.75, 3.05) is 0 Å². The number of benzene rings is 1. The van der Waals surface area contributed by atoms with Crippen molar-refractivity contribution in [2.45, 2.75) is 39.5 Å². The highest BCUT2D eigenvalue weighted by molar-refractivity contribution is 5.89. The van der Waals surface area contributed by atoms with E-state index in [1.165, 1.54) is 18.4 Å². The lowest BCUT2D eigenvalue weighted by molar-refractivity contribution is -0.139. The Hall–Kier alpha value is -2.80. The van der Waals surface area contributed by atoms with Crippen molar-refractivity contribution in [3.05, 3.63) is 54.0 Å². The smallest absolute Gasteiger partial charge is 0.242 e. The number of carbonyl (C=O) groups is 2. The van der Waals surface area contributed by atoms with Gasteiger partial charge in [0.2, 0.25) is 11.8 Å². The highest BCUT2D eigenvalue weighted by Crippen LogP contribution is 2.34. The van der Waals surface area contributed by atoms with Crippen molar-refractivity contribution in [3.63, 3.8) is 0 Å². The maximum atomic E-state index is 12.6. The Morgan fingerprint density at radius 2 is 1.85 bits per heavy atom. The summed E-state index contributed by atoms with van der Waals surface area (Å²) in [5.41, 5.74) is -0.676. The molecule has 0 unspecified atom stereocenters. The van der Waals surface area contributed by atoms with Gasteiger partial charge >= 0.3 is 0 Å². The van der Waals surface area contributed by atoms with Crippen molar-refractivity contribution in [1.82, 2.24) is 10.6 Å². The van der Waals surface area contributed by atoms with Crippen LogP contribution in [0.5, 0.6) is 5.75 Å². The number of hydrogen-bond acceptors (Lipinski definition) is 5. The number of rotatable bonds is 7. The van der Waals surface area contributed by atoms with Crippen LogP contribution < -0.4 is 10.6 Å². The minimum absolute atomic E-state index is 0.0741. The Balaban J connectivity index is 1.95. The summed E-state index contributed by atoms with van der Waals surface area (Å²) in [4.78, 5) is 24.7. The fourth-order valence-electron chi connectivity index (χ4n) is 2.39. The number of furan rings is 1. The minimum Gasteiger partial charge on any atom is -0.508 e. The molecule has 4 N–H and O–H groups in total. The number of carbonyl (C=O) groups excluding carboxylic acids is 2. The largest absolute Gasteiger partial charge is 0.508 e. The number of phenolic OH excluding ortho intramolecular Hbond substituents is 1. The van der Waals surface area contributed by atoms with E-state index in [0.29, 0.717) is 11.3 Å². The second-order valence-electron chi connectivity index (χ2n) is 6.71. The molecule has 0 fully saturated rings. The lowest BCUT2D eigenvalue weighted by Gasteiger charge is -2.30. The zero-order valence-electron chi connectivity index (χ0n) is 15.0. The van der Waals surface area contributed by atoms with E-state index in [9.17, 15) is 19.8 Å². The van der Waals surface area contributed by atoms with Crippen LogP contribution in [0.25, 0.3) is 0 Å². The average Bonchev–Trinajstić information content (AvgIpc) is 3.13. The van der Waals surface area contributed by atoms with E-state index in [2.05, 4.69) is 10.6 Å². The molecule has 7 nitrogen and oxygen atoms in total. The van der Waals surface area contributed by atoms with Crippen LogP contribution in [0.15, 0.2) is 47.1 Å². The van der Waals surface area contributed by atoms with Crippen LogP contribution in [0.2, 0.25) is 0 Å². The Morgan fingerprint density at radius 1 is 1.19 bits per heavy atom. The monoisotopic (exact) mass is 360 g/mol. The zero-order chi connectivity index (χ0) is 19.3. The fraction of sp³-hybridized carbons (Fsp3) is 0.368. The van der Waals surface area contributed by atoms with E-state index in [-0.39, 0.29) is 18.2 Å². The Kier molecular flexibility index (Phi) is 6.05. The third-order valence-corrected chi connectivity index (χ3v) is 4.24. The van der Waals surface area contributed by atoms with E-state index in [0.717, 1.165) is 0 Å². The molecule has 2 atom stereocenters. The second-order valence-corrected chi connectivity index (χ2v) is 6.71. The predicted molar refractivity (Wildman–Crippen MR) is 95.0 cm³/mol. The van der Waals surface area contributed by atoms with Crippen LogP contribution in [0, 0.1) is 5.41 Å². The Morgan fingerprint density at radius 3 is 2.42 bits per heavy atom. The highest BCUT2D eigenvalue weighted by atomic mass is 16.3. The third-order valence-electron chi connectivity index (χ3n) is 4.24. The lowest BCUT2D eigenvalue weighted by Crippen LogP contribution is -2.50. The minimum atomic E-state index is -1.17. The van der Waals surface area contributed by atoms with Crippen LogP contribution in [-0.4, -0.2) is 28.1 Å². The average molecular weight is 360 g/mol. The first-order valence-corrected chi connectivity index (χ1v) is 8.30. The van der Waals surface area contributed by atoms with Gasteiger partial charge in [-0.05, 0) is 50.6 Å². The second kappa shape index (κ2) is 8.05. The molecule has 26 heavy (non-hydrogen) atoms. The first-order valence-electron chi connectivity index (χ1n) is 8.30. The molecule has 0 aliphatic heterocycles. The summed E-state index contributed by atoms with van der Waals surface area (Å²) in [6, 6.07) is 8.67. The van der Waals surface area contributed by atoms with Crippen molar-refractivity contribution in [3.8, 4) is 5.75 Å². The number of nitrogens with one attached hydrogen (secondary N) is 2. The quantitative estimate of drug-likeness (QED) is 0.602. The maximum absolute atomic E-state index is 12.6. The number of amides is 2. The van der Waals surface area contributed by atoms with E-state index < -0.39 is 23.5 Å². The van der Waals surface area contributed by atoms with Crippen molar-refractivity contribution in [1.29, 1.82) is 0 Å². The summed E-state index contributed by atoms with van der Waals surface area (Å²) >= 11 is 0. The van der Waals surface area contributed by atoms with Gasteiger partial charge in [0.25, 0.3) is 0 Å². The first kappa shape index (κ1) is 19.5. The molecule has 0 radical (unpaired) electrons. The number of hydrogen-bond donors (Lipinski definition) is 4. The SMILES string of the molecule is C[C@H](NC(=O)C(C)(C)[C@H](O)c1ccc(O)cc1)C(=O)NCc1ccco1. The van der Waals surface area contributed by atoms with Crippen LogP contribution in [-0.2, 0) is 16.1 Å². The number of aliphatic hydroxyl groups excluding tert-OH is 1. The van der Waals surface area contributed by atoms with E-state index >= 15 is 0 Å². The molecular formula is C19H24N2O5. The van der Waals surface area contributed by atoms with E-state index in [1.807, 2.05) is 0 Å². The molecule has 0 bridgehead atoms. The van der Waals surface area contributed by atoms with Gasteiger partial charge in [0.05, 0.1) is 24.3 Å². The van der Waals surface area contributed by atoms with E-state index in [1.54, 1.807) is 45.0 Å². The van der Waals surface area contributed by atoms with Gasteiger partial charge in [-0.15, -0.1) is 0 Å². The Bertz CT molecular complexity index is 738. The van der Waals surface area contributed by atoms with Gasteiger partial charge in [-0.1, -0.05) is 12.1 Å². The third kappa shape index (κ3) is 4.64. The van der Waals surface area contributed by atoms with Gasteiger partial charge in [-0.3, -0.25) is 9.59 Å². The molecule has 140 valence electrons. The molecule has 0 saturated heterocycles. The topological polar surface area (TPSA) is 112 Å². The van der Waals surface area contributed by atoms with Crippen molar-refractivity contribution < 1.29 is 24.2 Å². The molecule has 2 amide bonds. The van der Waals surface area contributed by atoms with Crippen LogP contribution in [0.1, 0.15) is 38.2 Å². The molecule has 1 aromatic carbocycles.